The van der Waals surface area contributed by atoms with Crippen molar-refractivity contribution in [2.45, 2.75) is 46.6 Å². The van der Waals surface area contributed by atoms with Crippen LogP contribution < -0.4 is 5.32 Å². The number of hydrogen-bond donors (Lipinski definition) is 2. The Bertz CT molecular complexity index is 547. The van der Waals surface area contributed by atoms with Crippen molar-refractivity contribution in [2.24, 2.45) is 0 Å². The molecule has 102 valence electrons. The molecule has 0 aliphatic heterocycles. The molecule has 2 heterocycles. The molecule has 2 aromatic heterocycles. The minimum absolute atomic E-state index is 0.279. The van der Waals surface area contributed by atoms with Gasteiger partial charge in [-0.25, -0.2) is 9.97 Å². The number of nitrogens with zero attached hydrogens (tertiary/aromatic N) is 3. The third-order valence-electron chi connectivity index (χ3n) is 2.92. The average molecular weight is 259 g/mol. The predicted molar refractivity (Wildman–Crippen MR) is 76.3 cm³/mol. The van der Waals surface area contributed by atoms with Gasteiger partial charge in [-0.1, -0.05) is 6.92 Å². The summed E-state index contributed by atoms with van der Waals surface area (Å²) in [4.78, 5) is 8.80. The fourth-order valence-corrected chi connectivity index (χ4v) is 2.08. The molecule has 1 atom stereocenters. The van der Waals surface area contributed by atoms with Gasteiger partial charge < -0.3 is 5.32 Å². The van der Waals surface area contributed by atoms with Crippen molar-refractivity contribution in [2.75, 3.05) is 5.32 Å². The normalized spacial score (nSPS) is 12.4. The minimum Gasteiger partial charge on any atom is -0.367 e. The molecule has 0 saturated carbocycles. The zero-order chi connectivity index (χ0) is 13.8. The lowest BCUT2D eigenvalue weighted by Gasteiger charge is -2.14. The lowest BCUT2D eigenvalue weighted by Crippen LogP contribution is -2.19. The van der Waals surface area contributed by atoms with Gasteiger partial charge in [0.2, 0.25) is 0 Å². The van der Waals surface area contributed by atoms with Crippen LogP contribution in [0.25, 0.3) is 0 Å². The fraction of sp³-hybridized carbons (Fsp3) is 0.500. The molecule has 0 radical (unpaired) electrons. The van der Waals surface area contributed by atoms with Gasteiger partial charge in [-0.05, 0) is 33.3 Å². The van der Waals surface area contributed by atoms with Gasteiger partial charge in [0.15, 0.2) is 0 Å². The first-order valence-electron chi connectivity index (χ1n) is 6.68. The van der Waals surface area contributed by atoms with E-state index in [4.69, 9.17) is 0 Å². The second-order valence-corrected chi connectivity index (χ2v) is 4.94. The standard InChI is InChI=1S/C14H21N5/c1-5-12-8-14(17-11(4)16-12)15-9(2)6-13-7-10(3)18-19-13/h7-9H,5-6H2,1-4H3,(H,18,19)(H,15,16,17). The van der Waals surface area contributed by atoms with Gasteiger partial charge in [0, 0.05) is 29.9 Å². The highest BCUT2D eigenvalue weighted by Crippen LogP contribution is 2.11. The van der Waals surface area contributed by atoms with E-state index in [1.54, 1.807) is 0 Å². The number of rotatable bonds is 5. The van der Waals surface area contributed by atoms with Gasteiger partial charge in [0.25, 0.3) is 0 Å². The summed E-state index contributed by atoms with van der Waals surface area (Å²) in [5, 5.41) is 10.6. The summed E-state index contributed by atoms with van der Waals surface area (Å²) in [6, 6.07) is 4.36. The van der Waals surface area contributed by atoms with Crippen LogP contribution in [0.4, 0.5) is 5.82 Å². The lowest BCUT2D eigenvalue weighted by atomic mass is 10.2. The molecular weight excluding hydrogens is 238 g/mol. The van der Waals surface area contributed by atoms with Crippen molar-refractivity contribution < 1.29 is 0 Å². The molecular formula is C14H21N5. The molecule has 2 N–H and O–H groups in total. The highest BCUT2D eigenvalue weighted by molar-refractivity contribution is 5.37. The van der Waals surface area contributed by atoms with E-state index >= 15 is 0 Å². The highest BCUT2D eigenvalue weighted by Gasteiger charge is 2.08. The number of nitrogens with one attached hydrogen (secondary N) is 2. The van der Waals surface area contributed by atoms with Crippen molar-refractivity contribution in [3.63, 3.8) is 0 Å². The van der Waals surface area contributed by atoms with Crippen LogP contribution in [0, 0.1) is 13.8 Å². The highest BCUT2D eigenvalue weighted by atomic mass is 15.1. The SMILES string of the molecule is CCc1cc(NC(C)Cc2cc(C)[nH]n2)nc(C)n1. The molecule has 2 rings (SSSR count). The van der Waals surface area contributed by atoms with Crippen LogP contribution in [-0.4, -0.2) is 26.2 Å². The zero-order valence-electron chi connectivity index (χ0n) is 12.0. The van der Waals surface area contributed by atoms with E-state index in [0.29, 0.717) is 0 Å². The summed E-state index contributed by atoms with van der Waals surface area (Å²) >= 11 is 0. The first-order valence-corrected chi connectivity index (χ1v) is 6.68. The van der Waals surface area contributed by atoms with Gasteiger partial charge in [-0.2, -0.15) is 5.10 Å². The molecule has 0 spiro atoms. The summed E-state index contributed by atoms with van der Waals surface area (Å²) < 4.78 is 0. The summed E-state index contributed by atoms with van der Waals surface area (Å²) in [5.74, 6) is 1.70. The Kier molecular flexibility index (Phi) is 4.14. The maximum atomic E-state index is 4.42. The van der Waals surface area contributed by atoms with Gasteiger partial charge >= 0.3 is 0 Å². The second-order valence-electron chi connectivity index (χ2n) is 4.94. The summed E-state index contributed by atoms with van der Waals surface area (Å²) in [6.07, 6.45) is 1.79. The second kappa shape index (κ2) is 5.82. The smallest absolute Gasteiger partial charge is 0.130 e. The fourth-order valence-electron chi connectivity index (χ4n) is 2.08. The van der Waals surface area contributed by atoms with E-state index in [-0.39, 0.29) is 6.04 Å². The first-order chi connectivity index (χ1) is 9.06. The third kappa shape index (κ3) is 3.77. The van der Waals surface area contributed by atoms with Crippen molar-refractivity contribution in [3.8, 4) is 0 Å². The Balaban J connectivity index is 2.02. The molecule has 0 amide bonds. The number of H-pyrrole nitrogens is 1. The van der Waals surface area contributed by atoms with E-state index in [2.05, 4.69) is 45.4 Å². The molecule has 2 aromatic rings. The van der Waals surface area contributed by atoms with Gasteiger partial charge in [-0.15, -0.1) is 0 Å². The first kappa shape index (κ1) is 13.5. The quantitative estimate of drug-likeness (QED) is 0.865. The topological polar surface area (TPSA) is 66.5 Å². The maximum Gasteiger partial charge on any atom is 0.130 e. The molecule has 0 aromatic carbocycles. The van der Waals surface area contributed by atoms with Crippen molar-refractivity contribution >= 4 is 5.82 Å². The van der Waals surface area contributed by atoms with E-state index in [0.717, 1.165) is 41.6 Å². The van der Waals surface area contributed by atoms with Crippen LogP contribution >= 0.6 is 0 Å². The molecule has 5 nitrogen and oxygen atoms in total. The number of anilines is 1. The Morgan fingerprint density at radius 1 is 1.21 bits per heavy atom. The van der Waals surface area contributed by atoms with Crippen LogP contribution in [0.5, 0.6) is 0 Å². The largest absolute Gasteiger partial charge is 0.367 e. The molecule has 0 fully saturated rings. The van der Waals surface area contributed by atoms with Gasteiger partial charge in [-0.3, -0.25) is 5.10 Å². The monoisotopic (exact) mass is 259 g/mol. The van der Waals surface area contributed by atoms with Crippen LogP contribution in [0.3, 0.4) is 0 Å². The Hall–Kier alpha value is -1.91. The summed E-state index contributed by atoms with van der Waals surface area (Å²) in [6.45, 7) is 8.16. The summed E-state index contributed by atoms with van der Waals surface area (Å²) in [5.41, 5.74) is 3.23. The molecule has 0 aliphatic carbocycles. The Labute approximate surface area is 113 Å². The van der Waals surface area contributed by atoms with Gasteiger partial charge in [0.05, 0.1) is 5.69 Å². The van der Waals surface area contributed by atoms with E-state index in [1.165, 1.54) is 0 Å². The van der Waals surface area contributed by atoms with Crippen molar-refractivity contribution in [1.29, 1.82) is 0 Å². The molecule has 0 saturated heterocycles. The number of hydrogen-bond acceptors (Lipinski definition) is 4. The predicted octanol–water partition coefficient (Wildman–Crippen LogP) is 2.42. The van der Waals surface area contributed by atoms with E-state index in [1.807, 2.05) is 19.9 Å². The Morgan fingerprint density at radius 2 is 2.00 bits per heavy atom. The number of aryl methyl sites for hydroxylation is 3. The maximum absolute atomic E-state index is 4.42. The molecule has 0 aliphatic rings. The average Bonchev–Trinajstić information content (AvgIpc) is 2.73. The van der Waals surface area contributed by atoms with Crippen LogP contribution in [0.15, 0.2) is 12.1 Å². The van der Waals surface area contributed by atoms with Crippen LogP contribution in [0.2, 0.25) is 0 Å². The van der Waals surface area contributed by atoms with Gasteiger partial charge in [0.1, 0.15) is 11.6 Å². The van der Waals surface area contributed by atoms with Crippen LogP contribution in [0.1, 0.15) is 36.8 Å². The molecule has 1 unspecified atom stereocenters. The van der Waals surface area contributed by atoms with Crippen molar-refractivity contribution in [3.05, 3.63) is 35.0 Å². The van der Waals surface area contributed by atoms with E-state index in [9.17, 15) is 0 Å². The minimum atomic E-state index is 0.279. The molecule has 19 heavy (non-hydrogen) atoms. The van der Waals surface area contributed by atoms with Crippen LogP contribution in [-0.2, 0) is 12.8 Å². The number of aromatic amines is 1. The molecule has 5 heteroatoms. The third-order valence-corrected chi connectivity index (χ3v) is 2.92. The zero-order valence-corrected chi connectivity index (χ0v) is 12.0. The van der Waals surface area contributed by atoms with Crippen molar-refractivity contribution in [1.82, 2.24) is 20.2 Å². The summed E-state index contributed by atoms with van der Waals surface area (Å²) in [7, 11) is 0. The molecule has 0 bridgehead atoms. The lowest BCUT2D eigenvalue weighted by molar-refractivity contribution is 0.757. The Morgan fingerprint density at radius 3 is 2.63 bits per heavy atom. The van der Waals surface area contributed by atoms with E-state index < -0.39 is 0 Å². The number of aromatic nitrogens is 4.